The van der Waals surface area contributed by atoms with E-state index in [1.54, 1.807) is 6.07 Å². The van der Waals surface area contributed by atoms with Gasteiger partial charge in [-0.15, -0.1) is 0 Å². The molecule has 0 aliphatic heterocycles. The maximum Gasteiger partial charge on any atom is 0.274 e. The van der Waals surface area contributed by atoms with Crippen LogP contribution in [0.25, 0.3) is 0 Å². The first kappa shape index (κ1) is 13.3. The first-order chi connectivity index (χ1) is 9.16. The Morgan fingerprint density at radius 2 is 1.79 bits per heavy atom. The van der Waals surface area contributed by atoms with Crippen LogP contribution in [0.1, 0.15) is 27.0 Å². The topological polar surface area (TPSA) is 38.3 Å². The number of benzene rings is 2. The summed E-state index contributed by atoms with van der Waals surface area (Å²) in [7, 11) is 0. The van der Waals surface area contributed by atoms with Crippen molar-refractivity contribution in [3.8, 4) is 0 Å². The Kier molecular flexibility index (Phi) is 4.31. The lowest BCUT2D eigenvalue weighted by Crippen LogP contribution is -2.23. The molecule has 0 atom stereocenters. The van der Waals surface area contributed by atoms with Gasteiger partial charge in [0.25, 0.3) is 5.91 Å². The lowest BCUT2D eigenvalue weighted by molar-refractivity contribution is 0.0233. The van der Waals surface area contributed by atoms with Crippen LogP contribution in [0, 0.1) is 13.8 Å². The van der Waals surface area contributed by atoms with Crippen molar-refractivity contribution in [2.75, 3.05) is 0 Å². The van der Waals surface area contributed by atoms with Crippen molar-refractivity contribution in [3.63, 3.8) is 0 Å². The van der Waals surface area contributed by atoms with Crippen molar-refractivity contribution in [1.29, 1.82) is 0 Å². The second-order valence-electron chi connectivity index (χ2n) is 4.50. The standard InChI is InChI=1S/C16H17NO2/c1-12-8-9-15(10-13(12)2)16(18)17-19-11-14-6-4-3-5-7-14/h3-10H,11H2,1-2H3,(H,17,18). The van der Waals surface area contributed by atoms with Gasteiger partial charge in [-0.05, 0) is 42.7 Å². The van der Waals surface area contributed by atoms with Crippen LogP contribution in [0.4, 0.5) is 0 Å². The highest BCUT2D eigenvalue weighted by atomic mass is 16.6. The third-order valence-corrected chi connectivity index (χ3v) is 3.02. The van der Waals surface area contributed by atoms with E-state index < -0.39 is 0 Å². The molecule has 1 N–H and O–H groups in total. The molecule has 2 aromatic carbocycles. The third-order valence-electron chi connectivity index (χ3n) is 3.02. The zero-order valence-electron chi connectivity index (χ0n) is 11.1. The van der Waals surface area contributed by atoms with E-state index in [1.165, 1.54) is 5.56 Å². The highest BCUT2D eigenvalue weighted by Crippen LogP contribution is 2.09. The maximum atomic E-state index is 11.9. The van der Waals surface area contributed by atoms with Gasteiger partial charge in [-0.1, -0.05) is 36.4 Å². The molecule has 3 heteroatoms. The Balaban J connectivity index is 1.89. The number of carbonyl (C=O) groups excluding carboxylic acids is 1. The predicted octanol–water partition coefficient (Wildman–Crippen LogP) is 3.17. The summed E-state index contributed by atoms with van der Waals surface area (Å²) in [5, 5.41) is 0. The molecule has 0 aliphatic carbocycles. The highest BCUT2D eigenvalue weighted by molar-refractivity contribution is 5.93. The largest absolute Gasteiger partial charge is 0.274 e. The molecule has 2 rings (SSSR count). The fourth-order valence-electron chi connectivity index (χ4n) is 1.70. The van der Waals surface area contributed by atoms with E-state index in [4.69, 9.17) is 4.84 Å². The highest BCUT2D eigenvalue weighted by Gasteiger charge is 2.06. The van der Waals surface area contributed by atoms with Crippen LogP contribution in [0.15, 0.2) is 48.5 Å². The van der Waals surface area contributed by atoms with Crippen molar-refractivity contribution < 1.29 is 9.63 Å². The van der Waals surface area contributed by atoms with Gasteiger partial charge in [0.1, 0.15) is 0 Å². The molecule has 0 unspecified atom stereocenters. The molecule has 19 heavy (non-hydrogen) atoms. The molecule has 0 fully saturated rings. The van der Waals surface area contributed by atoms with Crippen LogP contribution < -0.4 is 5.48 Å². The minimum atomic E-state index is -0.223. The summed E-state index contributed by atoms with van der Waals surface area (Å²) in [5.41, 5.74) is 6.34. The molecule has 0 radical (unpaired) electrons. The Morgan fingerprint density at radius 1 is 1.05 bits per heavy atom. The molecule has 2 aromatic rings. The van der Waals surface area contributed by atoms with Gasteiger partial charge >= 0.3 is 0 Å². The number of hydrogen-bond donors (Lipinski definition) is 1. The van der Waals surface area contributed by atoms with Crippen molar-refractivity contribution in [2.45, 2.75) is 20.5 Å². The normalized spacial score (nSPS) is 10.2. The van der Waals surface area contributed by atoms with E-state index >= 15 is 0 Å². The number of nitrogens with one attached hydrogen (secondary N) is 1. The summed E-state index contributed by atoms with van der Waals surface area (Å²) in [6.07, 6.45) is 0. The quantitative estimate of drug-likeness (QED) is 0.852. The van der Waals surface area contributed by atoms with Crippen LogP contribution >= 0.6 is 0 Å². The van der Waals surface area contributed by atoms with Crippen LogP contribution in [-0.4, -0.2) is 5.91 Å². The Bertz CT molecular complexity index is 564. The molecule has 0 saturated heterocycles. The van der Waals surface area contributed by atoms with Crippen molar-refractivity contribution in [2.24, 2.45) is 0 Å². The molecule has 0 spiro atoms. The second-order valence-corrected chi connectivity index (χ2v) is 4.50. The SMILES string of the molecule is Cc1ccc(C(=O)NOCc2ccccc2)cc1C. The Morgan fingerprint density at radius 3 is 2.47 bits per heavy atom. The van der Waals surface area contributed by atoms with Crippen LogP contribution in [0.3, 0.4) is 0 Å². The Labute approximate surface area is 113 Å². The summed E-state index contributed by atoms with van der Waals surface area (Å²) in [4.78, 5) is 17.1. The molecule has 0 saturated carbocycles. The lowest BCUT2D eigenvalue weighted by atomic mass is 10.1. The van der Waals surface area contributed by atoms with Gasteiger partial charge in [0.2, 0.25) is 0 Å². The number of hydroxylamine groups is 1. The molecule has 0 aliphatic rings. The number of rotatable bonds is 4. The smallest absolute Gasteiger partial charge is 0.269 e. The molecule has 1 amide bonds. The van der Waals surface area contributed by atoms with E-state index in [-0.39, 0.29) is 5.91 Å². The minimum absolute atomic E-state index is 0.223. The summed E-state index contributed by atoms with van der Waals surface area (Å²) < 4.78 is 0. The van der Waals surface area contributed by atoms with E-state index in [2.05, 4.69) is 5.48 Å². The van der Waals surface area contributed by atoms with E-state index in [0.29, 0.717) is 12.2 Å². The molecule has 3 nitrogen and oxygen atoms in total. The third kappa shape index (κ3) is 3.66. The summed E-state index contributed by atoms with van der Waals surface area (Å²) in [5.74, 6) is -0.223. The zero-order valence-corrected chi connectivity index (χ0v) is 11.1. The van der Waals surface area contributed by atoms with Gasteiger partial charge < -0.3 is 0 Å². The van der Waals surface area contributed by atoms with Gasteiger partial charge in [0, 0.05) is 5.56 Å². The van der Waals surface area contributed by atoms with Crippen molar-refractivity contribution in [3.05, 3.63) is 70.8 Å². The fourth-order valence-corrected chi connectivity index (χ4v) is 1.70. The van der Waals surface area contributed by atoms with Crippen molar-refractivity contribution >= 4 is 5.91 Å². The molecular weight excluding hydrogens is 238 g/mol. The van der Waals surface area contributed by atoms with E-state index in [1.807, 2.05) is 56.3 Å². The van der Waals surface area contributed by atoms with Crippen LogP contribution in [0.5, 0.6) is 0 Å². The number of aryl methyl sites for hydroxylation is 2. The van der Waals surface area contributed by atoms with Gasteiger partial charge in [0.15, 0.2) is 0 Å². The number of carbonyl (C=O) groups is 1. The van der Waals surface area contributed by atoms with E-state index in [0.717, 1.165) is 11.1 Å². The second kappa shape index (κ2) is 6.16. The first-order valence-corrected chi connectivity index (χ1v) is 6.20. The number of hydrogen-bond acceptors (Lipinski definition) is 2. The molecule has 98 valence electrons. The molecule has 0 bridgehead atoms. The number of amides is 1. The average Bonchev–Trinajstić information content (AvgIpc) is 2.43. The first-order valence-electron chi connectivity index (χ1n) is 6.20. The van der Waals surface area contributed by atoms with Gasteiger partial charge in [0.05, 0.1) is 6.61 Å². The predicted molar refractivity (Wildman–Crippen MR) is 74.6 cm³/mol. The minimum Gasteiger partial charge on any atom is -0.269 e. The average molecular weight is 255 g/mol. The maximum absolute atomic E-state index is 11.9. The van der Waals surface area contributed by atoms with Gasteiger partial charge in [-0.25, -0.2) is 5.48 Å². The molecule has 0 heterocycles. The molecular formula is C16H17NO2. The summed E-state index contributed by atoms with van der Waals surface area (Å²) in [6, 6.07) is 15.3. The zero-order chi connectivity index (χ0) is 13.7. The van der Waals surface area contributed by atoms with E-state index in [9.17, 15) is 4.79 Å². The van der Waals surface area contributed by atoms with Gasteiger partial charge in [-0.2, -0.15) is 0 Å². The van der Waals surface area contributed by atoms with Crippen LogP contribution in [-0.2, 0) is 11.4 Å². The summed E-state index contributed by atoms with van der Waals surface area (Å²) in [6.45, 7) is 4.36. The lowest BCUT2D eigenvalue weighted by Gasteiger charge is -2.07. The van der Waals surface area contributed by atoms with Crippen LogP contribution in [0.2, 0.25) is 0 Å². The molecule has 0 aromatic heterocycles. The Hall–Kier alpha value is -2.13. The monoisotopic (exact) mass is 255 g/mol. The van der Waals surface area contributed by atoms with Gasteiger partial charge in [-0.3, -0.25) is 9.63 Å². The fraction of sp³-hybridized carbons (Fsp3) is 0.188. The summed E-state index contributed by atoms with van der Waals surface area (Å²) >= 11 is 0. The van der Waals surface area contributed by atoms with Crippen molar-refractivity contribution in [1.82, 2.24) is 5.48 Å².